The van der Waals surface area contributed by atoms with Crippen LogP contribution in [0.2, 0.25) is 5.02 Å². The predicted molar refractivity (Wildman–Crippen MR) is 67.1 cm³/mol. The molecule has 0 radical (unpaired) electrons. The second-order valence-electron chi connectivity index (χ2n) is 4.82. The van der Waals surface area contributed by atoms with Crippen LogP contribution in [0.4, 0.5) is 9.18 Å². The van der Waals surface area contributed by atoms with E-state index in [1.807, 2.05) is 0 Å². The lowest BCUT2D eigenvalue weighted by atomic mass is 10.2. The Hall–Kier alpha value is -1.62. The van der Waals surface area contributed by atoms with Crippen molar-refractivity contribution >= 4 is 23.5 Å². The zero-order chi connectivity index (χ0) is 13.6. The topological polar surface area (TPSA) is 40.6 Å². The van der Waals surface area contributed by atoms with Crippen molar-refractivity contribution in [2.24, 2.45) is 0 Å². The summed E-state index contributed by atoms with van der Waals surface area (Å²) >= 11 is 5.91. The number of urea groups is 1. The highest BCUT2D eigenvalue weighted by atomic mass is 35.5. The number of hydrogen-bond donors (Lipinski definition) is 0. The van der Waals surface area contributed by atoms with Gasteiger partial charge in [0, 0.05) is 16.6 Å². The lowest BCUT2D eigenvalue weighted by molar-refractivity contribution is -0.125. The molecule has 1 aromatic rings. The Morgan fingerprint density at radius 2 is 2.05 bits per heavy atom. The smallest absolute Gasteiger partial charge is 0.312 e. The van der Waals surface area contributed by atoms with Crippen LogP contribution in [-0.2, 0) is 11.3 Å². The van der Waals surface area contributed by atoms with Crippen LogP contribution in [0.1, 0.15) is 18.4 Å². The number of nitrogens with zero attached hydrogens (tertiary/aromatic N) is 2. The van der Waals surface area contributed by atoms with Crippen LogP contribution in [0.3, 0.4) is 0 Å². The van der Waals surface area contributed by atoms with Crippen molar-refractivity contribution < 1.29 is 14.0 Å². The van der Waals surface area contributed by atoms with Crippen molar-refractivity contribution in [3.63, 3.8) is 0 Å². The van der Waals surface area contributed by atoms with Crippen LogP contribution in [0.25, 0.3) is 0 Å². The highest BCUT2D eigenvalue weighted by molar-refractivity contribution is 6.31. The van der Waals surface area contributed by atoms with Gasteiger partial charge in [0.1, 0.15) is 12.4 Å². The molecule has 0 N–H and O–H groups in total. The fraction of sp³-hybridized carbons (Fsp3) is 0.385. The lowest BCUT2D eigenvalue weighted by Crippen LogP contribution is -2.34. The second-order valence-corrected chi connectivity index (χ2v) is 5.23. The Balaban J connectivity index is 1.83. The molecule has 19 heavy (non-hydrogen) atoms. The van der Waals surface area contributed by atoms with Gasteiger partial charge in [0.05, 0.1) is 6.54 Å². The van der Waals surface area contributed by atoms with Gasteiger partial charge in [-0.15, -0.1) is 0 Å². The SMILES string of the molecule is O=C1CN(C2CC2)C(=O)N1Cc1c(F)cccc1Cl. The molecule has 3 rings (SSSR count). The quantitative estimate of drug-likeness (QED) is 0.799. The summed E-state index contributed by atoms with van der Waals surface area (Å²) in [5.41, 5.74) is 0.184. The van der Waals surface area contributed by atoms with Gasteiger partial charge in [0.15, 0.2) is 0 Å². The molecule has 2 fully saturated rings. The first-order valence-corrected chi connectivity index (χ1v) is 6.49. The van der Waals surface area contributed by atoms with E-state index in [-0.39, 0.29) is 41.7 Å². The third-order valence-corrected chi connectivity index (χ3v) is 3.80. The normalized spacial score (nSPS) is 19.5. The van der Waals surface area contributed by atoms with Gasteiger partial charge in [-0.2, -0.15) is 0 Å². The van der Waals surface area contributed by atoms with Gasteiger partial charge in [-0.3, -0.25) is 9.69 Å². The maximum absolute atomic E-state index is 13.7. The molecule has 0 aromatic heterocycles. The molecule has 1 heterocycles. The van der Waals surface area contributed by atoms with E-state index < -0.39 is 5.82 Å². The van der Waals surface area contributed by atoms with E-state index in [2.05, 4.69) is 0 Å². The maximum Gasteiger partial charge on any atom is 0.327 e. The number of carbonyl (C=O) groups excluding carboxylic acids is 2. The van der Waals surface area contributed by atoms with E-state index in [4.69, 9.17) is 11.6 Å². The summed E-state index contributed by atoms with van der Waals surface area (Å²) < 4.78 is 13.7. The molecule has 1 saturated carbocycles. The van der Waals surface area contributed by atoms with Crippen LogP contribution in [0.5, 0.6) is 0 Å². The first kappa shape index (κ1) is 12.4. The lowest BCUT2D eigenvalue weighted by Gasteiger charge is -2.17. The van der Waals surface area contributed by atoms with Gasteiger partial charge in [-0.25, -0.2) is 9.18 Å². The molecule has 1 saturated heterocycles. The molecular formula is C13H12ClFN2O2. The first-order chi connectivity index (χ1) is 9.08. The van der Waals surface area contributed by atoms with E-state index in [9.17, 15) is 14.0 Å². The molecule has 0 atom stereocenters. The first-order valence-electron chi connectivity index (χ1n) is 6.12. The summed E-state index contributed by atoms with van der Waals surface area (Å²) in [4.78, 5) is 26.6. The van der Waals surface area contributed by atoms with Crippen LogP contribution in [-0.4, -0.2) is 34.3 Å². The van der Waals surface area contributed by atoms with Gasteiger partial charge in [0.25, 0.3) is 5.91 Å². The summed E-state index contributed by atoms with van der Waals surface area (Å²) in [7, 11) is 0. The summed E-state index contributed by atoms with van der Waals surface area (Å²) in [5.74, 6) is -0.797. The molecular weight excluding hydrogens is 271 g/mol. The monoisotopic (exact) mass is 282 g/mol. The third-order valence-electron chi connectivity index (χ3n) is 3.45. The molecule has 1 aliphatic heterocycles. The minimum absolute atomic E-state index is 0.0928. The van der Waals surface area contributed by atoms with Crippen molar-refractivity contribution in [1.29, 1.82) is 0 Å². The number of hydrogen-bond acceptors (Lipinski definition) is 2. The van der Waals surface area contributed by atoms with Crippen molar-refractivity contribution in [3.8, 4) is 0 Å². The molecule has 0 bridgehead atoms. The number of rotatable bonds is 3. The summed E-state index contributed by atoms with van der Waals surface area (Å²) in [6.45, 7) is -0.0119. The fourth-order valence-electron chi connectivity index (χ4n) is 2.23. The van der Waals surface area contributed by atoms with Crippen LogP contribution in [0.15, 0.2) is 18.2 Å². The Labute approximate surface area is 114 Å². The number of benzene rings is 1. The number of imide groups is 1. The minimum atomic E-state index is -0.502. The van der Waals surface area contributed by atoms with Gasteiger partial charge in [-0.1, -0.05) is 17.7 Å². The standard InChI is InChI=1S/C13H12ClFN2O2/c14-10-2-1-3-11(15)9(10)6-17-12(18)7-16(13(17)19)8-4-5-8/h1-3,8H,4-7H2. The Morgan fingerprint density at radius 1 is 1.32 bits per heavy atom. The second kappa shape index (κ2) is 4.49. The molecule has 1 aromatic carbocycles. The van der Waals surface area contributed by atoms with Crippen molar-refractivity contribution in [2.45, 2.75) is 25.4 Å². The molecule has 2 aliphatic rings. The van der Waals surface area contributed by atoms with Gasteiger partial charge < -0.3 is 4.90 Å². The Kier molecular flexibility index (Phi) is 2.93. The molecule has 1 aliphatic carbocycles. The van der Waals surface area contributed by atoms with E-state index in [0.717, 1.165) is 17.7 Å². The predicted octanol–water partition coefficient (Wildman–Crippen LogP) is 2.41. The zero-order valence-electron chi connectivity index (χ0n) is 10.1. The van der Waals surface area contributed by atoms with E-state index in [0.29, 0.717) is 0 Å². The zero-order valence-corrected chi connectivity index (χ0v) is 10.9. The molecule has 3 amide bonds. The average molecular weight is 283 g/mol. The molecule has 4 nitrogen and oxygen atoms in total. The highest BCUT2D eigenvalue weighted by Crippen LogP contribution is 2.31. The molecule has 6 heteroatoms. The largest absolute Gasteiger partial charge is 0.327 e. The van der Waals surface area contributed by atoms with Crippen LogP contribution >= 0.6 is 11.6 Å². The van der Waals surface area contributed by atoms with E-state index in [1.165, 1.54) is 12.1 Å². The van der Waals surface area contributed by atoms with Crippen molar-refractivity contribution in [2.75, 3.05) is 6.54 Å². The summed E-state index contributed by atoms with van der Waals surface area (Å²) in [6.07, 6.45) is 1.88. The number of carbonyl (C=O) groups is 2. The number of amides is 3. The Bertz CT molecular complexity index is 539. The molecule has 0 unspecified atom stereocenters. The maximum atomic E-state index is 13.7. The van der Waals surface area contributed by atoms with Gasteiger partial charge in [0.2, 0.25) is 0 Å². The average Bonchev–Trinajstić information content (AvgIpc) is 3.15. The van der Waals surface area contributed by atoms with E-state index in [1.54, 1.807) is 11.0 Å². The van der Waals surface area contributed by atoms with Crippen LogP contribution < -0.4 is 0 Å². The summed E-state index contributed by atoms with van der Waals surface area (Å²) in [6, 6.07) is 4.14. The highest BCUT2D eigenvalue weighted by Gasteiger charge is 2.43. The Morgan fingerprint density at radius 3 is 2.68 bits per heavy atom. The van der Waals surface area contributed by atoms with Crippen molar-refractivity contribution in [3.05, 3.63) is 34.6 Å². The molecule has 0 spiro atoms. The van der Waals surface area contributed by atoms with Crippen LogP contribution in [0, 0.1) is 5.82 Å². The fourth-order valence-corrected chi connectivity index (χ4v) is 2.45. The molecule has 100 valence electrons. The van der Waals surface area contributed by atoms with E-state index >= 15 is 0 Å². The van der Waals surface area contributed by atoms with Gasteiger partial charge in [-0.05, 0) is 25.0 Å². The minimum Gasteiger partial charge on any atom is -0.312 e. The van der Waals surface area contributed by atoms with Gasteiger partial charge >= 0.3 is 6.03 Å². The summed E-state index contributed by atoms with van der Waals surface area (Å²) in [5, 5.41) is 0.227. The third kappa shape index (κ3) is 2.18. The van der Waals surface area contributed by atoms with Crippen molar-refractivity contribution in [1.82, 2.24) is 9.80 Å². The number of halogens is 2.